The van der Waals surface area contributed by atoms with Crippen LogP contribution in [0.2, 0.25) is 0 Å². The van der Waals surface area contributed by atoms with E-state index in [2.05, 4.69) is 15.9 Å². The number of hydrogen-bond acceptors (Lipinski definition) is 4. The number of nitrogens with zero attached hydrogens (tertiary/aromatic N) is 1. The molecule has 2 aromatic heterocycles. The van der Waals surface area contributed by atoms with Gasteiger partial charge in [0, 0.05) is 11.4 Å². The van der Waals surface area contributed by atoms with E-state index < -0.39 is 10.0 Å². The molecule has 0 radical (unpaired) electrons. The van der Waals surface area contributed by atoms with Gasteiger partial charge in [0.25, 0.3) is 10.0 Å². The summed E-state index contributed by atoms with van der Waals surface area (Å²) in [6.45, 7) is 0.612. The van der Waals surface area contributed by atoms with Crippen molar-refractivity contribution < 1.29 is 8.42 Å². The molecule has 2 aromatic rings. The predicted octanol–water partition coefficient (Wildman–Crippen LogP) is 4.10. The van der Waals surface area contributed by atoms with Crippen molar-refractivity contribution in [3.63, 3.8) is 0 Å². The molecule has 1 unspecified atom stereocenters. The number of rotatable bonds is 3. The Morgan fingerprint density at radius 2 is 2.16 bits per heavy atom. The first-order valence-corrected chi connectivity index (χ1v) is 9.82. The molecule has 0 aromatic carbocycles. The van der Waals surface area contributed by atoms with E-state index in [9.17, 15) is 8.42 Å². The zero-order valence-corrected chi connectivity index (χ0v) is 14.0. The van der Waals surface area contributed by atoms with E-state index in [4.69, 9.17) is 0 Å². The molecule has 0 bridgehead atoms. The second kappa shape index (κ2) is 5.29. The van der Waals surface area contributed by atoms with Gasteiger partial charge in [-0.3, -0.25) is 0 Å². The van der Waals surface area contributed by atoms with Crippen LogP contribution in [0, 0.1) is 0 Å². The highest BCUT2D eigenvalue weighted by Gasteiger charge is 2.37. The fourth-order valence-electron chi connectivity index (χ4n) is 2.34. The maximum Gasteiger partial charge on any atom is 0.253 e. The Morgan fingerprint density at radius 1 is 1.32 bits per heavy atom. The molecule has 3 rings (SSSR count). The van der Waals surface area contributed by atoms with Gasteiger partial charge in [-0.25, -0.2) is 8.42 Å². The van der Waals surface area contributed by atoms with Gasteiger partial charge in [0.15, 0.2) is 0 Å². The molecule has 0 spiro atoms. The zero-order chi connectivity index (χ0) is 13.5. The van der Waals surface area contributed by atoms with E-state index in [1.165, 1.54) is 11.3 Å². The van der Waals surface area contributed by atoms with Gasteiger partial charge in [-0.05, 0) is 52.4 Å². The molecule has 0 N–H and O–H groups in total. The lowest BCUT2D eigenvalue weighted by molar-refractivity contribution is 0.402. The van der Waals surface area contributed by atoms with Crippen molar-refractivity contribution in [2.45, 2.75) is 23.1 Å². The fraction of sp³-hybridized carbons (Fsp3) is 0.333. The van der Waals surface area contributed by atoms with Gasteiger partial charge in [-0.2, -0.15) is 4.31 Å². The summed E-state index contributed by atoms with van der Waals surface area (Å²) in [6.07, 6.45) is 1.83. The normalized spacial score (nSPS) is 21.0. The Morgan fingerprint density at radius 3 is 2.79 bits per heavy atom. The number of hydrogen-bond donors (Lipinski definition) is 0. The van der Waals surface area contributed by atoms with Crippen molar-refractivity contribution in [2.24, 2.45) is 0 Å². The van der Waals surface area contributed by atoms with Crippen molar-refractivity contribution in [1.29, 1.82) is 0 Å². The smallest absolute Gasteiger partial charge is 0.206 e. The number of sulfonamides is 1. The molecule has 1 aliphatic heterocycles. The van der Waals surface area contributed by atoms with Crippen molar-refractivity contribution in [3.05, 3.63) is 38.3 Å². The second-order valence-electron chi connectivity index (χ2n) is 4.35. The third-order valence-electron chi connectivity index (χ3n) is 3.19. The molecule has 102 valence electrons. The van der Waals surface area contributed by atoms with E-state index in [0.717, 1.165) is 21.5 Å². The monoisotopic (exact) mass is 377 g/mol. The van der Waals surface area contributed by atoms with E-state index in [1.54, 1.807) is 27.8 Å². The van der Waals surface area contributed by atoms with Crippen molar-refractivity contribution >= 4 is 48.6 Å². The lowest BCUT2D eigenvalue weighted by Crippen LogP contribution is -2.29. The molecule has 3 heterocycles. The average molecular weight is 378 g/mol. The lowest BCUT2D eigenvalue weighted by atomic mass is 10.2. The minimum atomic E-state index is -3.36. The van der Waals surface area contributed by atoms with Gasteiger partial charge in [-0.1, -0.05) is 6.07 Å². The summed E-state index contributed by atoms with van der Waals surface area (Å²) in [5.74, 6) is 0. The molecular formula is C12H12BrNO2S3. The molecule has 1 saturated heterocycles. The molecule has 1 fully saturated rings. The van der Waals surface area contributed by atoms with E-state index in [0.29, 0.717) is 10.8 Å². The van der Waals surface area contributed by atoms with Crippen molar-refractivity contribution in [2.75, 3.05) is 6.54 Å². The SMILES string of the molecule is O=S(=O)(c1ccc(Br)s1)N1CCCC1c1cccs1. The maximum atomic E-state index is 12.7. The van der Waals surface area contributed by atoms with Crippen LogP contribution in [0.5, 0.6) is 0 Å². The van der Waals surface area contributed by atoms with Crippen LogP contribution in [-0.4, -0.2) is 19.3 Å². The molecule has 0 aliphatic carbocycles. The molecule has 1 atom stereocenters. The first kappa shape index (κ1) is 13.8. The Kier molecular flexibility index (Phi) is 3.83. The van der Waals surface area contributed by atoms with Gasteiger partial charge in [-0.15, -0.1) is 22.7 Å². The van der Waals surface area contributed by atoms with Gasteiger partial charge >= 0.3 is 0 Å². The molecular weight excluding hydrogens is 366 g/mol. The number of thiophene rings is 2. The molecule has 1 aliphatic rings. The Bertz CT molecular complexity index is 663. The zero-order valence-electron chi connectivity index (χ0n) is 9.95. The summed E-state index contributed by atoms with van der Waals surface area (Å²) in [4.78, 5) is 1.14. The molecule has 0 amide bonds. The summed E-state index contributed by atoms with van der Waals surface area (Å²) in [5, 5.41) is 2.00. The Balaban J connectivity index is 1.96. The third-order valence-corrected chi connectivity index (χ3v) is 8.16. The van der Waals surface area contributed by atoms with Crippen LogP contribution in [0.3, 0.4) is 0 Å². The van der Waals surface area contributed by atoms with E-state index >= 15 is 0 Å². The first-order chi connectivity index (χ1) is 9.09. The molecule has 0 saturated carbocycles. The summed E-state index contributed by atoms with van der Waals surface area (Å²) >= 11 is 6.22. The minimum Gasteiger partial charge on any atom is -0.206 e. The van der Waals surface area contributed by atoms with Crippen LogP contribution < -0.4 is 0 Å². The summed E-state index contributed by atoms with van der Waals surface area (Å²) in [5.41, 5.74) is 0. The van der Waals surface area contributed by atoms with E-state index in [1.807, 2.05) is 17.5 Å². The van der Waals surface area contributed by atoms with Gasteiger partial charge < -0.3 is 0 Å². The van der Waals surface area contributed by atoms with Crippen LogP contribution >= 0.6 is 38.6 Å². The highest BCUT2D eigenvalue weighted by molar-refractivity contribution is 9.11. The molecule has 7 heteroatoms. The van der Waals surface area contributed by atoms with Crippen LogP contribution in [-0.2, 0) is 10.0 Å². The van der Waals surface area contributed by atoms with Crippen LogP contribution in [0.25, 0.3) is 0 Å². The second-order valence-corrected chi connectivity index (χ2v) is 9.91. The summed E-state index contributed by atoms with van der Waals surface area (Å²) in [6, 6.07) is 7.46. The largest absolute Gasteiger partial charge is 0.253 e. The molecule has 19 heavy (non-hydrogen) atoms. The standard InChI is InChI=1S/C12H12BrNO2S3/c13-11-5-6-12(18-11)19(15,16)14-7-1-3-9(14)10-4-2-8-17-10/h2,4-6,8-9H,1,3,7H2. The van der Waals surface area contributed by atoms with Crippen molar-refractivity contribution in [1.82, 2.24) is 4.31 Å². The highest BCUT2D eigenvalue weighted by atomic mass is 79.9. The summed E-state index contributed by atoms with van der Waals surface area (Å²) in [7, 11) is -3.36. The van der Waals surface area contributed by atoms with Crippen LogP contribution in [0.4, 0.5) is 0 Å². The van der Waals surface area contributed by atoms with Crippen LogP contribution in [0.15, 0.2) is 37.6 Å². The van der Waals surface area contributed by atoms with Crippen molar-refractivity contribution in [3.8, 4) is 0 Å². The molecule has 3 nitrogen and oxygen atoms in total. The Labute approximate surface area is 129 Å². The maximum absolute atomic E-state index is 12.7. The Hall–Kier alpha value is -0.210. The average Bonchev–Trinajstić information content (AvgIpc) is 3.09. The summed E-state index contributed by atoms with van der Waals surface area (Å²) < 4.78 is 28.3. The van der Waals surface area contributed by atoms with E-state index in [-0.39, 0.29) is 6.04 Å². The lowest BCUT2D eigenvalue weighted by Gasteiger charge is -2.22. The van der Waals surface area contributed by atoms with Gasteiger partial charge in [0.2, 0.25) is 0 Å². The third kappa shape index (κ3) is 2.54. The van der Waals surface area contributed by atoms with Gasteiger partial charge in [0.1, 0.15) is 4.21 Å². The minimum absolute atomic E-state index is 0.00544. The highest BCUT2D eigenvalue weighted by Crippen LogP contribution is 2.40. The topological polar surface area (TPSA) is 37.4 Å². The quantitative estimate of drug-likeness (QED) is 0.807. The van der Waals surface area contributed by atoms with Gasteiger partial charge in [0.05, 0.1) is 9.83 Å². The predicted molar refractivity (Wildman–Crippen MR) is 82.2 cm³/mol. The van der Waals surface area contributed by atoms with Crippen LogP contribution in [0.1, 0.15) is 23.8 Å². The number of halogens is 1. The first-order valence-electron chi connectivity index (χ1n) is 5.89. The fourth-order valence-corrected chi connectivity index (χ4v) is 7.10.